The van der Waals surface area contributed by atoms with Crippen LogP contribution < -0.4 is 5.73 Å². The van der Waals surface area contributed by atoms with Crippen molar-refractivity contribution in [1.29, 1.82) is 5.26 Å². The fraction of sp³-hybridized carbons (Fsp3) is 0.120. The molecule has 0 saturated heterocycles. The van der Waals surface area contributed by atoms with Gasteiger partial charge in [-0.25, -0.2) is 4.98 Å². The van der Waals surface area contributed by atoms with Crippen molar-refractivity contribution in [2.45, 2.75) is 19.3 Å². The highest BCUT2D eigenvalue weighted by Gasteiger charge is 2.20. The van der Waals surface area contributed by atoms with E-state index in [0.29, 0.717) is 5.82 Å². The Kier molecular flexibility index (Phi) is 4.19. The summed E-state index contributed by atoms with van der Waals surface area (Å²) in [6.45, 7) is 3.83. The number of nitrogen functional groups attached to an aromatic ring is 1. The van der Waals surface area contributed by atoms with E-state index in [4.69, 9.17) is 5.73 Å². The maximum atomic E-state index is 9.41. The van der Waals surface area contributed by atoms with E-state index in [-0.39, 0.29) is 0 Å². The zero-order chi connectivity index (χ0) is 21.6. The Morgan fingerprint density at radius 1 is 0.935 bits per heavy atom. The minimum atomic E-state index is -0.538. The Hall–Kier alpha value is -4.24. The molecule has 0 saturated carbocycles. The Morgan fingerprint density at radius 3 is 2.42 bits per heavy atom. The first kappa shape index (κ1) is 18.8. The smallest absolute Gasteiger partial charge is 0.123 e. The molecule has 6 heteroatoms. The number of nitrogens with two attached hydrogens (primary N) is 1. The van der Waals surface area contributed by atoms with Gasteiger partial charge in [0.15, 0.2) is 0 Å². The molecule has 2 aromatic carbocycles. The predicted octanol–water partition coefficient (Wildman–Crippen LogP) is 5.22. The van der Waals surface area contributed by atoms with Gasteiger partial charge in [0, 0.05) is 22.5 Å². The topological polar surface area (TPSA) is 104 Å². The van der Waals surface area contributed by atoms with Crippen LogP contribution in [0.25, 0.3) is 44.2 Å². The fourth-order valence-corrected chi connectivity index (χ4v) is 3.83. The Morgan fingerprint density at radius 2 is 1.68 bits per heavy atom. The van der Waals surface area contributed by atoms with Crippen LogP contribution in [0.5, 0.6) is 0 Å². The predicted molar refractivity (Wildman–Crippen MR) is 123 cm³/mol. The number of pyridine rings is 2. The molecule has 3 heterocycles. The summed E-state index contributed by atoms with van der Waals surface area (Å²) in [6, 6.07) is 20.3. The number of nitrogens with zero attached hydrogens (tertiary/aromatic N) is 4. The van der Waals surface area contributed by atoms with E-state index in [1.54, 1.807) is 6.20 Å². The van der Waals surface area contributed by atoms with Crippen LogP contribution in [-0.2, 0) is 5.41 Å². The van der Waals surface area contributed by atoms with Crippen molar-refractivity contribution in [3.8, 4) is 28.5 Å². The molecule has 0 aliphatic heterocycles. The zero-order valence-corrected chi connectivity index (χ0v) is 17.2. The Balaban J connectivity index is 1.70. The molecule has 6 nitrogen and oxygen atoms in total. The van der Waals surface area contributed by atoms with Crippen LogP contribution in [0, 0.1) is 11.3 Å². The van der Waals surface area contributed by atoms with E-state index in [1.165, 1.54) is 0 Å². The van der Waals surface area contributed by atoms with Gasteiger partial charge in [-0.05, 0) is 54.8 Å². The molecule has 0 aliphatic carbocycles. The quantitative estimate of drug-likeness (QED) is 0.429. The number of hydrogen-bond donors (Lipinski definition) is 2. The standard InChI is InChI=1S/C25H20N6/c1-25(2,14-26)18-6-3-15(4-7-18)24-23-19-11-16(17-9-10-28-22(27)12-17)5-8-20(19)29-13-21(23)30-31-24/h3-13H,1-2H3,(H2,27,28)(H,30,31). The lowest BCUT2D eigenvalue weighted by atomic mass is 9.86. The second kappa shape index (κ2) is 6.92. The molecular formula is C25H20N6. The lowest BCUT2D eigenvalue weighted by Gasteiger charge is -2.15. The molecule has 5 rings (SSSR count). The van der Waals surface area contributed by atoms with E-state index < -0.39 is 5.41 Å². The van der Waals surface area contributed by atoms with Gasteiger partial charge in [-0.2, -0.15) is 10.4 Å². The second-order valence-corrected chi connectivity index (χ2v) is 8.13. The highest BCUT2D eigenvalue weighted by molar-refractivity contribution is 6.11. The molecule has 0 aliphatic rings. The van der Waals surface area contributed by atoms with Crippen molar-refractivity contribution < 1.29 is 0 Å². The average Bonchev–Trinajstić information content (AvgIpc) is 3.23. The van der Waals surface area contributed by atoms with E-state index >= 15 is 0 Å². The normalized spacial score (nSPS) is 11.6. The number of nitriles is 1. The minimum absolute atomic E-state index is 0.485. The molecule has 5 aromatic rings. The second-order valence-electron chi connectivity index (χ2n) is 8.13. The van der Waals surface area contributed by atoms with Crippen LogP contribution in [0.1, 0.15) is 19.4 Å². The van der Waals surface area contributed by atoms with Gasteiger partial charge < -0.3 is 5.73 Å². The number of benzene rings is 2. The summed E-state index contributed by atoms with van der Waals surface area (Å²) in [4.78, 5) is 8.67. The maximum Gasteiger partial charge on any atom is 0.123 e. The van der Waals surface area contributed by atoms with E-state index in [2.05, 4.69) is 32.3 Å². The van der Waals surface area contributed by atoms with Gasteiger partial charge in [0.25, 0.3) is 0 Å². The van der Waals surface area contributed by atoms with Crippen LogP contribution in [-0.4, -0.2) is 20.2 Å². The SMILES string of the molecule is CC(C)(C#N)c1ccc(-c2n[nH]c3cnc4ccc(-c5ccnc(N)c5)cc4c23)cc1. The van der Waals surface area contributed by atoms with E-state index in [0.717, 1.165) is 49.8 Å². The van der Waals surface area contributed by atoms with Gasteiger partial charge >= 0.3 is 0 Å². The zero-order valence-electron chi connectivity index (χ0n) is 17.2. The molecule has 0 fully saturated rings. The number of anilines is 1. The molecule has 0 amide bonds. The molecule has 0 bridgehead atoms. The largest absolute Gasteiger partial charge is 0.384 e. The molecule has 3 aromatic heterocycles. The summed E-state index contributed by atoms with van der Waals surface area (Å²) in [5.41, 5.74) is 12.0. The summed E-state index contributed by atoms with van der Waals surface area (Å²) < 4.78 is 0. The average molecular weight is 404 g/mol. The van der Waals surface area contributed by atoms with Crippen LogP contribution in [0.4, 0.5) is 5.82 Å². The van der Waals surface area contributed by atoms with Crippen molar-refractivity contribution in [3.63, 3.8) is 0 Å². The van der Waals surface area contributed by atoms with Crippen molar-refractivity contribution in [1.82, 2.24) is 20.2 Å². The van der Waals surface area contributed by atoms with Crippen molar-refractivity contribution in [2.24, 2.45) is 0 Å². The monoisotopic (exact) mass is 404 g/mol. The molecule has 0 atom stereocenters. The van der Waals surface area contributed by atoms with Crippen LogP contribution in [0.2, 0.25) is 0 Å². The number of aromatic amines is 1. The van der Waals surface area contributed by atoms with Crippen LogP contribution >= 0.6 is 0 Å². The Bertz CT molecular complexity index is 1470. The molecular weight excluding hydrogens is 384 g/mol. The third-order valence-electron chi connectivity index (χ3n) is 5.67. The first-order valence-corrected chi connectivity index (χ1v) is 9.97. The molecule has 0 radical (unpaired) electrons. The third-order valence-corrected chi connectivity index (χ3v) is 5.67. The van der Waals surface area contributed by atoms with Gasteiger partial charge in [0.05, 0.1) is 28.7 Å². The molecule has 0 spiro atoms. The van der Waals surface area contributed by atoms with Crippen LogP contribution in [0.3, 0.4) is 0 Å². The molecule has 150 valence electrons. The minimum Gasteiger partial charge on any atom is -0.384 e. The number of aromatic nitrogens is 4. The van der Waals surface area contributed by atoms with Gasteiger partial charge in [-0.3, -0.25) is 10.1 Å². The number of H-pyrrole nitrogens is 1. The van der Waals surface area contributed by atoms with Crippen molar-refractivity contribution in [3.05, 3.63) is 72.6 Å². The summed E-state index contributed by atoms with van der Waals surface area (Å²) >= 11 is 0. The lowest BCUT2D eigenvalue weighted by molar-refractivity contribution is 0.687. The molecule has 31 heavy (non-hydrogen) atoms. The van der Waals surface area contributed by atoms with Crippen LogP contribution in [0.15, 0.2) is 67.0 Å². The molecule has 0 unspecified atom stereocenters. The van der Waals surface area contributed by atoms with E-state index in [9.17, 15) is 5.26 Å². The maximum absolute atomic E-state index is 9.41. The highest BCUT2D eigenvalue weighted by atomic mass is 15.1. The number of fused-ring (bicyclic) bond motifs is 3. The molecule has 3 N–H and O–H groups in total. The summed E-state index contributed by atoms with van der Waals surface area (Å²) in [6.07, 6.45) is 3.52. The third kappa shape index (κ3) is 3.17. The van der Waals surface area contributed by atoms with Crippen molar-refractivity contribution in [2.75, 3.05) is 5.73 Å². The summed E-state index contributed by atoms with van der Waals surface area (Å²) in [7, 11) is 0. The van der Waals surface area contributed by atoms with Gasteiger partial charge in [0.1, 0.15) is 11.5 Å². The number of nitrogens with one attached hydrogen (secondary N) is 1. The summed E-state index contributed by atoms with van der Waals surface area (Å²) in [5, 5.41) is 19.1. The summed E-state index contributed by atoms with van der Waals surface area (Å²) in [5.74, 6) is 0.485. The fourth-order valence-electron chi connectivity index (χ4n) is 3.83. The van der Waals surface area contributed by atoms with Crippen molar-refractivity contribution >= 4 is 27.6 Å². The number of rotatable bonds is 3. The highest BCUT2D eigenvalue weighted by Crippen LogP contribution is 2.35. The van der Waals surface area contributed by atoms with Gasteiger partial charge in [-0.1, -0.05) is 30.3 Å². The van der Waals surface area contributed by atoms with Gasteiger partial charge in [-0.15, -0.1) is 0 Å². The lowest BCUT2D eigenvalue weighted by Crippen LogP contribution is -2.13. The first-order chi connectivity index (χ1) is 15.0. The first-order valence-electron chi connectivity index (χ1n) is 9.97. The Labute approximate surface area is 179 Å². The number of hydrogen-bond acceptors (Lipinski definition) is 5. The van der Waals surface area contributed by atoms with Gasteiger partial charge in [0.2, 0.25) is 0 Å². The van der Waals surface area contributed by atoms with E-state index in [1.807, 2.05) is 68.6 Å².